The predicted octanol–water partition coefficient (Wildman–Crippen LogP) is 1.97. The zero-order valence-electron chi connectivity index (χ0n) is 11.1. The second kappa shape index (κ2) is 5.83. The molecule has 1 aliphatic carbocycles. The normalized spacial score (nSPS) is 32.1. The van der Waals surface area contributed by atoms with Crippen molar-refractivity contribution in [3.63, 3.8) is 0 Å². The quantitative estimate of drug-likeness (QED) is 0.765. The number of hydrogen-bond donors (Lipinski definition) is 0. The van der Waals surface area contributed by atoms with Gasteiger partial charge in [-0.3, -0.25) is 9.69 Å². The Hall–Kier alpha value is -0.220. The predicted molar refractivity (Wildman–Crippen MR) is 75.9 cm³/mol. The fourth-order valence-corrected chi connectivity index (χ4v) is 4.86. The first kappa shape index (κ1) is 12.8. The highest BCUT2D eigenvalue weighted by atomic mass is 32.2. The maximum Gasteiger partial charge on any atom is 0.237 e. The summed E-state index contributed by atoms with van der Waals surface area (Å²) in [5.41, 5.74) is 0. The Morgan fingerprint density at radius 2 is 1.83 bits per heavy atom. The van der Waals surface area contributed by atoms with Gasteiger partial charge in [0.15, 0.2) is 0 Å². The Morgan fingerprint density at radius 3 is 2.50 bits per heavy atom. The van der Waals surface area contributed by atoms with E-state index < -0.39 is 0 Å². The van der Waals surface area contributed by atoms with E-state index in [9.17, 15) is 4.79 Å². The summed E-state index contributed by atoms with van der Waals surface area (Å²) in [7, 11) is 0. The maximum atomic E-state index is 12.3. The molecule has 3 aliphatic rings. The number of amides is 1. The van der Waals surface area contributed by atoms with Gasteiger partial charge in [0.1, 0.15) is 0 Å². The third-order valence-corrected chi connectivity index (χ3v) is 5.87. The highest BCUT2D eigenvalue weighted by Gasteiger charge is 2.33. The summed E-state index contributed by atoms with van der Waals surface area (Å²) >= 11 is 2.04. The standard InChI is InChI=1S/C14H24N2OS/c17-14-10-15(13-6-9-18-11-13)7-8-16(14)12-4-2-1-3-5-12/h12-13H,1-11H2. The van der Waals surface area contributed by atoms with Crippen LogP contribution in [0.3, 0.4) is 0 Å². The molecule has 0 bridgehead atoms. The van der Waals surface area contributed by atoms with Gasteiger partial charge in [0, 0.05) is 30.9 Å². The zero-order chi connectivity index (χ0) is 12.4. The van der Waals surface area contributed by atoms with Crippen molar-refractivity contribution in [3.8, 4) is 0 Å². The first-order valence-corrected chi connectivity index (χ1v) is 8.61. The molecule has 3 fully saturated rings. The van der Waals surface area contributed by atoms with Gasteiger partial charge in [0.25, 0.3) is 0 Å². The molecule has 0 spiro atoms. The van der Waals surface area contributed by atoms with E-state index in [1.807, 2.05) is 11.8 Å². The van der Waals surface area contributed by atoms with Crippen LogP contribution in [0.25, 0.3) is 0 Å². The molecule has 102 valence electrons. The molecule has 0 aromatic rings. The van der Waals surface area contributed by atoms with Crippen LogP contribution in [0.4, 0.5) is 0 Å². The van der Waals surface area contributed by atoms with Crippen molar-refractivity contribution in [1.82, 2.24) is 9.80 Å². The molecule has 1 amide bonds. The van der Waals surface area contributed by atoms with Crippen molar-refractivity contribution < 1.29 is 4.79 Å². The molecule has 0 aromatic heterocycles. The first-order valence-electron chi connectivity index (χ1n) is 7.46. The molecule has 1 saturated carbocycles. The average Bonchev–Trinajstić information content (AvgIpc) is 2.93. The molecule has 0 aromatic carbocycles. The summed E-state index contributed by atoms with van der Waals surface area (Å²) in [5, 5.41) is 0. The number of carbonyl (C=O) groups is 1. The third-order valence-electron chi connectivity index (χ3n) is 4.72. The summed E-state index contributed by atoms with van der Waals surface area (Å²) in [5.74, 6) is 2.91. The van der Waals surface area contributed by atoms with Crippen LogP contribution in [0.5, 0.6) is 0 Å². The van der Waals surface area contributed by atoms with Crippen LogP contribution in [-0.2, 0) is 4.79 Å². The summed E-state index contributed by atoms with van der Waals surface area (Å²) < 4.78 is 0. The fourth-order valence-electron chi connectivity index (χ4n) is 3.61. The number of thioether (sulfide) groups is 1. The molecule has 4 heteroatoms. The van der Waals surface area contributed by atoms with Crippen molar-refractivity contribution >= 4 is 17.7 Å². The lowest BCUT2D eigenvalue weighted by Crippen LogP contribution is -2.56. The van der Waals surface area contributed by atoms with Crippen LogP contribution in [-0.4, -0.2) is 58.9 Å². The highest BCUT2D eigenvalue weighted by molar-refractivity contribution is 7.99. The van der Waals surface area contributed by atoms with Crippen molar-refractivity contribution in [1.29, 1.82) is 0 Å². The molecule has 3 nitrogen and oxygen atoms in total. The van der Waals surface area contributed by atoms with Crippen LogP contribution in [0.15, 0.2) is 0 Å². The SMILES string of the molecule is O=C1CN(C2CCSC2)CCN1C1CCCCC1. The Kier molecular flexibility index (Phi) is 4.14. The van der Waals surface area contributed by atoms with Crippen LogP contribution in [0, 0.1) is 0 Å². The number of nitrogens with zero attached hydrogens (tertiary/aromatic N) is 2. The minimum absolute atomic E-state index is 0.394. The summed E-state index contributed by atoms with van der Waals surface area (Å²) in [6.45, 7) is 2.76. The van der Waals surface area contributed by atoms with Crippen LogP contribution in [0.1, 0.15) is 38.5 Å². The summed E-state index contributed by atoms with van der Waals surface area (Å²) in [6, 6.07) is 1.24. The van der Waals surface area contributed by atoms with E-state index in [-0.39, 0.29) is 0 Å². The monoisotopic (exact) mass is 268 g/mol. The Balaban J connectivity index is 1.55. The molecular formula is C14H24N2OS. The van der Waals surface area contributed by atoms with E-state index in [2.05, 4.69) is 9.80 Å². The van der Waals surface area contributed by atoms with E-state index in [0.29, 0.717) is 24.5 Å². The van der Waals surface area contributed by atoms with Crippen molar-refractivity contribution in [2.24, 2.45) is 0 Å². The van der Waals surface area contributed by atoms with Gasteiger partial charge >= 0.3 is 0 Å². The highest BCUT2D eigenvalue weighted by Crippen LogP contribution is 2.27. The third kappa shape index (κ3) is 2.69. The minimum atomic E-state index is 0.394. The molecule has 0 N–H and O–H groups in total. The van der Waals surface area contributed by atoms with Crippen LogP contribution < -0.4 is 0 Å². The molecule has 1 atom stereocenters. The number of piperazine rings is 1. The second-order valence-electron chi connectivity index (χ2n) is 5.87. The maximum absolute atomic E-state index is 12.3. The van der Waals surface area contributed by atoms with Crippen LogP contribution in [0.2, 0.25) is 0 Å². The summed E-state index contributed by atoms with van der Waals surface area (Å²) in [6.07, 6.45) is 7.76. The Labute approximate surface area is 114 Å². The van der Waals surface area contributed by atoms with Crippen molar-refractivity contribution in [2.45, 2.75) is 50.6 Å². The lowest BCUT2D eigenvalue weighted by Gasteiger charge is -2.42. The Morgan fingerprint density at radius 1 is 1.00 bits per heavy atom. The smallest absolute Gasteiger partial charge is 0.237 e. The molecule has 0 radical (unpaired) electrons. The van der Waals surface area contributed by atoms with Gasteiger partial charge in [-0.1, -0.05) is 19.3 Å². The largest absolute Gasteiger partial charge is 0.337 e. The van der Waals surface area contributed by atoms with Gasteiger partial charge in [-0.05, 0) is 25.0 Å². The van der Waals surface area contributed by atoms with Crippen molar-refractivity contribution in [2.75, 3.05) is 31.1 Å². The van der Waals surface area contributed by atoms with E-state index in [1.165, 1.54) is 50.0 Å². The van der Waals surface area contributed by atoms with E-state index in [1.54, 1.807) is 0 Å². The zero-order valence-corrected chi connectivity index (χ0v) is 12.0. The lowest BCUT2D eigenvalue weighted by molar-refractivity contribution is -0.140. The van der Waals surface area contributed by atoms with Gasteiger partial charge in [0.05, 0.1) is 6.54 Å². The average molecular weight is 268 g/mol. The molecule has 1 unspecified atom stereocenters. The van der Waals surface area contributed by atoms with E-state index in [4.69, 9.17) is 0 Å². The molecular weight excluding hydrogens is 244 g/mol. The van der Waals surface area contributed by atoms with Crippen molar-refractivity contribution in [3.05, 3.63) is 0 Å². The van der Waals surface area contributed by atoms with E-state index in [0.717, 1.165) is 13.1 Å². The van der Waals surface area contributed by atoms with Crippen LogP contribution >= 0.6 is 11.8 Å². The second-order valence-corrected chi connectivity index (χ2v) is 7.02. The number of hydrogen-bond acceptors (Lipinski definition) is 3. The molecule has 18 heavy (non-hydrogen) atoms. The molecule has 2 heterocycles. The Bertz CT molecular complexity index is 298. The number of carbonyl (C=O) groups excluding carboxylic acids is 1. The van der Waals surface area contributed by atoms with Gasteiger partial charge in [-0.25, -0.2) is 0 Å². The van der Waals surface area contributed by atoms with Gasteiger partial charge in [0.2, 0.25) is 5.91 Å². The summed E-state index contributed by atoms with van der Waals surface area (Å²) in [4.78, 5) is 17.0. The van der Waals surface area contributed by atoms with Gasteiger partial charge in [-0.2, -0.15) is 11.8 Å². The molecule has 2 saturated heterocycles. The molecule has 3 rings (SSSR count). The van der Waals surface area contributed by atoms with E-state index >= 15 is 0 Å². The topological polar surface area (TPSA) is 23.6 Å². The lowest BCUT2D eigenvalue weighted by atomic mass is 9.93. The minimum Gasteiger partial charge on any atom is -0.337 e. The first-order chi connectivity index (χ1) is 8.84. The van der Waals surface area contributed by atoms with Gasteiger partial charge in [-0.15, -0.1) is 0 Å². The fraction of sp³-hybridized carbons (Fsp3) is 0.929. The van der Waals surface area contributed by atoms with Gasteiger partial charge < -0.3 is 4.90 Å². The molecule has 2 aliphatic heterocycles. The number of rotatable bonds is 2.